The Bertz CT molecular complexity index is 221. The van der Waals surface area contributed by atoms with Crippen molar-refractivity contribution in [3.8, 4) is 0 Å². The topological polar surface area (TPSA) is 38.3 Å². The molecule has 0 aliphatic carbocycles. The largest absolute Gasteiger partial charge is 0.465 e. The van der Waals surface area contributed by atoms with Gasteiger partial charge in [-0.3, -0.25) is 4.79 Å². The van der Waals surface area contributed by atoms with E-state index in [0.29, 0.717) is 12.5 Å². The maximum atomic E-state index is 11.7. The molecule has 0 radical (unpaired) electrons. The summed E-state index contributed by atoms with van der Waals surface area (Å²) in [6.45, 7) is 14.1. The fourth-order valence-corrected chi connectivity index (χ4v) is 1.46. The van der Waals surface area contributed by atoms with Crippen LogP contribution in [0.5, 0.6) is 0 Å². The van der Waals surface area contributed by atoms with E-state index in [1.54, 1.807) is 0 Å². The van der Waals surface area contributed by atoms with Crippen molar-refractivity contribution in [2.75, 3.05) is 13.2 Å². The number of carbonyl (C=O) groups excluding carboxylic acids is 1. The molecule has 3 nitrogen and oxygen atoms in total. The van der Waals surface area contributed by atoms with E-state index in [9.17, 15) is 4.79 Å². The third kappa shape index (κ3) is 6.67. The number of ether oxygens (including phenoxy) is 1. The molecular formula is C14H29NO2. The van der Waals surface area contributed by atoms with E-state index in [2.05, 4.69) is 39.9 Å². The van der Waals surface area contributed by atoms with Gasteiger partial charge in [-0.05, 0) is 31.2 Å². The van der Waals surface area contributed by atoms with E-state index in [4.69, 9.17) is 4.74 Å². The first kappa shape index (κ1) is 16.4. The van der Waals surface area contributed by atoms with Gasteiger partial charge in [0.2, 0.25) is 0 Å². The lowest BCUT2D eigenvalue weighted by Crippen LogP contribution is -2.42. The van der Waals surface area contributed by atoms with Crippen LogP contribution in [0.25, 0.3) is 0 Å². The van der Waals surface area contributed by atoms with Crippen LogP contribution in [-0.2, 0) is 9.53 Å². The van der Waals surface area contributed by atoms with Gasteiger partial charge in [-0.1, -0.05) is 41.0 Å². The van der Waals surface area contributed by atoms with Crippen molar-refractivity contribution in [3.05, 3.63) is 0 Å². The Labute approximate surface area is 106 Å². The summed E-state index contributed by atoms with van der Waals surface area (Å²) in [7, 11) is 0. The summed E-state index contributed by atoms with van der Waals surface area (Å²) in [4.78, 5) is 11.7. The lowest BCUT2D eigenvalue weighted by Gasteiger charge is -2.29. The summed E-state index contributed by atoms with van der Waals surface area (Å²) in [6, 6.07) is -0.148. The first-order chi connectivity index (χ1) is 7.82. The minimum Gasteiger partial charge on any atom is -0.465 e. The highest BCUT2D eigenvalue weighted by molar-refractivity contribution is 5.75. The number of esters is 1. The Morgan fingerprint density at radius 2 is 1.88 bits per heavy atom. The molecule has 0 aliphatic heterocycles. The van der Waals surface area contributed by atoms with Crippen molar-refractivity contribution in [2.45, 2.75) is 60.4 Å². The van der Waals surface area contributed by atoms with Crippen LogP contribution in [0.3, 0.4) is 0 Å². The quantitative estimate of drug-likeness (QED) is 0.699. The molecule has 0 aromatic carbocycles. The molecule has 0 aromatic rings. The van der Waals surface area contributed by atoms with Crippen LogP contribution >= 0.6 is 0 Å². The Morgan fingerprint density at radius 3 is 2.29 bits per heavy atom. The number of carbonyl (C=O) groups is 1. The van der Waals surface area contributed by atoms with Crippen molar-refractivity contribution in [1.82, 2.24) is 5.32 Å². The summed E-state index contributed by atoms with van der Waals surface area (Å²) in [6.07, 6.45) is 1.83. The van der Waals surface area contributed by atoms with Crippen LogP contribution in [0.1, 0.15) is 54.4 Å². The van der Waals surface area contributed by atoms with E-state index >= 15 is 0 Å². The molecule has 17 heavy (non-hydrogen) atoms. The predicted molar refractivity (Wildman–Crippen MR) is 72.0 cm³/mol. The van der Waals surface area contributed by atoms with E-state index in [0.717, 1.165) is 19.4 Å². The zero-order valence-electron chi connectivity index (χ0n) is 12.3. The van der Waals surface area contributed by atoms with Gasteiger partial charge in [0, 0.05) is 0 Å². The van der Waals surface area contributed by atoms with Crippen molar-refractivity contribution in [3.63, 3.8) is 0 Å². The zero-order valence-corrected chi connectivity index (χ0v) is 12.3. The molecule has 2 atom stereocenters. The minimum atomic E-state index is -0.148. The maximum absolute atomic E-state index is 11.7. The highest BCUT2D eigenvalue weighted by Gasteiger charge is 2.23. The van der Waals surface area contributed by atoms with Gasteiger partial charge in [0.1, 0.15) is 6.04 Å². The van der Waals surface area contributed by atoms with Gasteiger partial charge in [0.05, 0.1) is 6.61 Å². The van der Waals surface area contributed by atoms with E-state index < -0.39 is 0 Å². The number of nitrogens with one attached hydrogen (secondary N) is 1. The predicted octanol–water partition coefficient (Wildman–Crippen LogP) is 2.99. The zero-order chi connectivity index (χ0) is 13.5. The van der Waals surface area contributed by atoms with Crippen molar-refractivity contribution in [1.29, 1.82) is 0 Å². The molecule has 0 saturated carbocycles. The first-order valence-corrected chi connectivity index (χ1v) is 6.72. The molecule has 0 amide bonds. The third-order valence-corrected chi connectivity index (χ3v) is 3.30. The lowest BCUT2D eigenvalue weighted by atomic mass is 9.82. The van der Waals surface area contributed by atoms with Gasteiger partial charge in [-0.15, -0.1) is 0 Å². The summed E-state index contributed by atoms with van der Waals surface area (Å²) in [5.74, 6) is 0.409. The Kier molecular flexibility index (Phi) is 7.44. The molecule has 0 aromatic heterocycles. The maximum Gasteiger partial charge on any atom is 0.323 e. The van der Waals surface area contributed by atoms with E-state index in [1.807, 2.05) is 6.92 Å². The first-order valence-electron chi connectivity index (χ1n) is 6.72. The molecule has 0 aliphatic rings. The molecule has 2 unspecified atom stereocenters. The Morgan fingerprint density at radius 1 is 1.29 bits per heavy atom. The van der Waals surface area contributed by atoms with Crippen LogP contribution in [0.2, 0.25) is 0 Å². The third-order valence-electron chi connectivity index (χ3n) is 3.30. The van der Waals surface area contributed by atoms with E-state index in [-0.39, 0.29) is 17.4 Å². The molecule has 0 spiro atoms. The smallest absolute Gasteiger partial charge is 0.323 e. The van der Waals surface area contributed by atoms with E-state index in [1.165, 1.54) is 0 Å². The summed E-state index contributed by atoms with van der Waals surface area (Å²) >= 11 is 0. The SMILES string of the molecule is CCCC(NCC(C)C(C)(C)C)C(=O)OCC. The van der Waals surface area contributed by atoms with Crippen LogP contribution in [0.4, 0.5) is 0 Å². The number of hydrogen-bond donors (Lipinski definition) is 1. The standard InChI is InChI=1S/C14H29NO2/c1-7-9-12(13(16)17-8-2)15-10-11(3)14(4,5)6/h11-12,15H,7-10H2,1-6H3. The monoisotopic (exact) mass is 243 g/mol. The lowest BCUT2D eigenvalue weighted by molar-refractivity contribution is -0.146. The number of rotatable bonds is 7. The Hall–Kier alpha value is -0.570. The normalized spacial score (nSPS) is 15.4. The van der Waals surface area contributed by atoms with Gasteiger partial charge in [-0.2, -0.15) is 0 Å². The highest BCUT2D eigenvalue weighted by Crippen LogP contribution is 2.24. The second-order valence-electron chi connectivity index (χ2n) is 5.77. The van der Waals surface area contributed by atoms with Crippen LogP contribution < -0.4 is 5.32 Å². The Balaban J connectivity index is 4.22. The second kappa shape index (κ2) is 7.70. The summed E-state index contributed by atoms with van der Waals surface area (Å²) < 4.78 is 5.07. The molecule has 0 rings (SSSR count). The van der Waals surface area contributed by atoms with Crippen LogP contribution in [-0.4, -0.2) is 25.2 Å². The molecule has 102 valence electrons. The molecule has 0 fully saturated rings. The fourth-order valence-electron chi connectivity index (χ4n) is 1.46. The van der Waals surface area contributed by atoms with Crippen molar-refractivity contribution >= 4 is 5.97 Å². The highest BCUT2D eigenvalue weighted by atomic mass is 16.5. The van der Waals surface area contributed by atoms with Crippen LogP contribution in [0, 0.1) is 11.3 Å². The summed E-state index contributed by atoms with van der Waals surface area (Å²) in [5, 5.41) is 3.34. The average molecular weight is 243 g/mol. The summed E-state index contributed by atoms with van der Waals surface area (Å²) in [5.41, 5.74) is 0.262. The molecule has 0 bridgehead atoms. The molecule has 0 saturated heterocycles. The molecular weight excluding hydrogens is 214 g/mol. The van der Waals surface area contributed by atoms with Gasteiger partial charge < -0.3 is 10.1 Å². The van der Waals surface area contributed by atoms with Crippen molar-refractivity contribution < 1.29 is 9.53 Å². The van der Waals surface area contributed by atoms with Gasteiger partial charge in [0.15, 0.2) is 0 Å². The van der Waals surface area contributed by atoms with Gasteiger partial charge in [-0.25, -0.2) is 0 Å². The second-order valence-corrected chi connectivity index (χ2v) is 5.77. The molecule has 0 heterocycles. The van der Waals surface area contributed by atoms with Gasteiger partial charge in [0.25, 0.3) is 0 Å². The minimum absolute atomic E-state index is 0.115. The molecule has 1 N–H and O–H groups in total. The fraction of sp³-hybridized carbons (Fsp3) is 0.929. The van der Waals surface area contributed by atoms with Crippen molar-refractivity contribution in [2.24, 2.45) is 11.3 Å². The molecule has 3 heteroatoms. The van der Waals surface area contributed by atoms with Crippen LogP contribution in [0.15, 0.2) is 0 Å². The average Bonchev–Trinajstić information content (AvgIpc) is 2.22. The van der Waals surface area contributed by atoms with Gasteiger partial charge >= 0.3 is 5.97 Å². The number of hydrogen-bond acceptors (Lipinski definition) is 3.